The molecule has 5 heteroatoms. The van der Waals surface area contributed by atoms with E-state index in [2.05, 4.69) is 4.98 Å². The van der Waals surface area contributed by atoms with Gasteiger partial charge in [-0.15, -0.1) is 0 Å². The predicted octanol–water partition coefficient (Wildman–Crippen LogP) is -0.532. The maximum Gasteiger partial charge on any atom is 0.249 e. The molecule has 0 saturated carbocycles. The van der Waals surface area contributed by atoms with Crippen LogP contribution in [0.4, 0.5) is 0 Å². The van der Waals surface area contributed by atoms with Gasteiger partial charge in [0.2, 0.25) is 5.91 Å². The summed E-state index contributed by atoms with van der Waals surface area (Å²) >= 11 is 0. The SMILES string of the molecule is Cn1cncc1CC(=O)NO. The molecule has 60 valence electrons. The summed E-state index contributed by atoms with van der Waals surface area (Å²) in [6.07, 6.45) is 3.32. The van der Waals surface area contributed by atoms with Crippen molar-refractivity contribution in [1.29, 1.82) is 0 Å². The third-order valence-corrected chi connectivity index (χ3v) is 1.38. The highest BCUT2D eigenvalue weighted by atomic mass is 16.5. The Hall–Kier alpha value is -1.36. The van der Waals surface area contributed by atoms with Gasteiger partial charge in [-0.25, -0.2) is 10.5 Å². The summed E-state index contributed by atoms with van der Waals surface area (Å²) in [5.74, 6) is -0.436. The zero-order chi connectivity index (χ0) is 8.27. The maximum atomic E-state index is 10.6. The second-order valence-corrected chi connectivity index (χ2v) is 2.21. The second-order valence-electron chi connectivity index (χ2n) is 2.21. The summed E-state index contributed by atoms with van der Waals surface area (Å²) in [4.78, 5) is 14.4. The molecule has 0 aliphatic heterocycles. The number of nitrogens with zero attached hydrogens (tertiary/aromatic N) is 2. The Morgan fingerprint density at radius 1 is 1.91 bits per heavy atom. The fraction of sp³-hybridized carbons (Fsp3) is 0.333. The molecule has 5 nitrogen and oxygen atoms in total. The third-order valence-electron chi connectivity index (χ3n) is 1.38. The van der Waals surface area contributed by atoms with Crippen LogP contribution in [0.1, 0.15) is 5.69 Å². The van der Waals surface area contributed by atoms with Crippen LogP contribution in [0.3, 0.4) is 0 Å². The van der Waals surface area contributed by atoms with Crippen molar-refractivity contribution in [3.05, 3.63) is 18.2 Å². The van der Waals surface area contributed by atoms with Crippen molar-refractivity contribution in [1.82, 2.24) is 15.0 Å². The minimum absolute atomic E-state index is 0.146. The minimum atomic E-state index is -0.436. The van der Waals surface area contributed by atoms with E-state index in [1.54, 1.807) is 29.6 Å². The molecule has 0 aliphatic carbocycles. The summed E-state index contributed by atoms with van der Waals surface area (Å²) in [5, 5.41) is 8.20. The van der Waals surface area contributed by atoms with E-state index in [4.69, 9.17) is 5.21 Å². The Balaban J connectivity index is 2.64. The number of rotatable bonds is 2. The lowest BCUT2D eigenvalue weighted by molar-refractivity contribution is -0.128. The van der Waals surface area contributed by atoms with Crippen molar-refractivity contribution in [2.45, 2.75) is 6.42 Å². The van der Waals surface area contributed by atoms with Gasteiger partial charge in [0, 0.05) is 18.9 Å². The molecule has 1 rings (SSSR count). The van der Waals surface area contributed by atoms with Crippen LogP contribution in [-0.4, -0.2) is 20.7 Å². The number of nitrogens with one attached hydrogen (secondary N) is 1. The Bertz CT molecular complexity index is 256. The van der Waals surface area contributed by atoms with Gasteiger partial charge in [-0.05, 0) is 0 Å². The lowest BCUT2D eigenvalue weighted by Gasteiger charge is -1.98. The van der Waals surface area contributed by atoms with Crippen LogP contribution >= 0.6 is 0 Å². The van der Waals surface area contributed by atoms with Gasteiger partial charge in [-0.3, -0.25) is 10.0 Å². The van der Waals surface area contributed by atoms with E-state index in [1.807, 2.05) is 0 Å². The molecule has 0 unspecified atom stereocenters. The van der Waals surface area contributed by atoms with E-state index in [1.165, 1.54) is 0 Å². The number of imidazole rings is 1. The van der Waals surface area contributed by atoms with Crippen molar-refractivity contribution in [2.75, 3.05) is 0 Å². The van der Waals surface area contributed by atoms with Gasteiger partial charge in [0.25, 0.3) is 0 Å². The molecular formula is C6H9N3O2. The highest BCUT2D eigenvalue weighted by molar-refractivity contribution is 5.76. The summed E-state index contributed by atoms with van der Waals surface area (Å²) in [5.41, 5.74) is 2.31. The van der Waals surface area contributed by atoms with Crippen LogP contribution in [0.5, 0.6) is 0 Å². The number of hydroxylamine groups is 1. The van der Waals surface area contributed by atoms with E-state index >= 15 is 0 Å². The number of aromatic nitrogens is 2. The van der Waals surface area contributed by atoms with Crippen molar-refractivity contribution in [3.8, 4) is 0 Å². The average Bonchev–Trinajstić information content (AvgIpc) is 2.37. The van der Waals surface area contributed by atoms with Gasteiger partial charge in [-0.2, -0.15) is 0 Å². The minimum Gasteiger partial charge on any atom is -0.337 e. The lowest BCUT2D eigenvalue weighted by Crippen LogP contribution is -2.21. The van der Waals surface area contributed by atoms with E-state index in [0.29, 0.717) is 0 Å². The molecule has 0 aromatic carbocycles. The van der Waals surface area contributed by atoms with Gasteiger partial charge in [-0.1, -0.05) is 0 Å². The lowest BCUT2D eigenvalue weighted by atomic mass is 10.3. The Kier molecular flexibility index (Phi) is 2.22. The first-order chi connectivity index (χ1) is 5.24. The number of carbonyl (C=O) groups excluding carboxylic acids is 1. The molecule has 0 saturated heterocycles. The van der Waals surface area contributed by atoms with Crippen molar-refractivity contribution in [2.24, 2.45) is 7.05 Å². The van der Waals surface area contributed by atoms with E-state index in [9.17, 15) is 4.79 Å². The largest absolute Gasteiger partial charge is 0.337 e. The van der Waals surface area contributed by atoms with Crippen LogP contribution in [0.25, 0.3) is 0 Å². The normalized spacial score (nSPS) is 9.64. The fourth-order valence-electron chi connectivity index (χ4n) is 0.759. The van der Waals surface area contributed by atoms with E-state index in [-0.39, 0.29) is 6.42 Å². The number of aryl methyl sites for hydroxylation is 1. The van der Waals surface area contributed by atoms with Crippen molar-refractivity contribution < 1.29 is 10.0 Å². The Morgan fingerprint density at radius 3 is 3.09 bits per heavy atom. The molecule has 1 aromatic rings. The molecule has 0 aliphatic rings. The third kappa shape index (κ3) is 1.78. The Labute approximate surface area is 63.6 Å². The molecular weight excluding hydrogens is 146 g/mol. The molecule has 0 spiro atoms. The molecule has 0 fully saturated rings. The predicted molar refractivity (Wildman–Crippen MR) is 36.8 cm³/mol. The number of carbonyl (C=O) groups is 1. The maximum absolute atomic E-state index is 10.6. The highest BCUT2D eigenvalue weighted by Crippen LogP contribution is 1.96. The van der Waals surface area contributed by atoms with Gasteiger partial charge < -0.3 is 4.57 Å². The molecule has 0 atom stereocenters. The monoisotopic (exact) mass is 155 g/mol. The standard InChI is InChI=1S/C6H9N3O2/c1-9-4-7-3-5(9)2-6(10)8-11/h3-4,11H,2H2,1H3,(H,8,10). The van der Waals surface area contributed by atoms with Crippen molar-refractivity contribution in [3.63, 3.8) is 0 Å². The van der Waals surface area contributed by atoms with Crippen LogP contribution < -0.4 is 5.48 Å². The fourth-order valence-corrected chi connectivity index (χ4v) is 0.759. The zero-order valence-corrected chi connectivity index (χ0v) is 6.11. The molecule has 1 amide bonds. The second kappa shape index (κ2) is 3.16. The van der Waals surface area contributed by atoms with Gasteiger partial charge in [0.1, 0.15) is 0 Å². The first-order valence-corrected chi connectivity index (χ1v) is 3.12. The molecule has 11 heavy (non-hydrogen) atoms. The topological polar surface area (TPSA) is 67.2 Å². The van der Waals surface area contributed by atoms with E-state index < -0.39 is 5.91 Å². The summed E-state index contributed by atoms with van der Waals surface area (Å²) < 4.78 is 1.72. The summed E-state index contributed by atoms with van der Waals surface area (Å²) in [6, 6.07) is 0. The highest BCUT2D eigenvalue weighted by Gasteiger charge is 2.03. The zero-order valence-electron chi connectivity index (χ0n) is 6.11. The smallest absolute Gasteiger partial charge is 0.249 e. The molecule has 2 N–H and O–H groups in total. The molecule has 0 bridgehead atoms. The first-order valence-electron chi connectivity index (χ1n) is 3.12. The molecule has 1 aromatic heterocycles. The van der Waals surface area contributed by atoms with Crippen LogP contribution in [-0.2, 0) is 18.3 Å². The van der Waals surface area contributed by atoms with Gasteiger partial charge >= 0.3 is 0 Å². The van der Waals surface area contributed by atoms with Gasteiger partial charge in [0.05, 0.1) is 12.7 Å². The average molecular weight is 155 g/mol. The molecule has 0 radical (unpaired) electrons. The van der Waals surface area contributed by atoms with Crippen LogP contribution in [0.15, 0.2) is 12.5 Å². The van der Waals surface area contributed by atoms with Crippen molar-refractivity contribution >= 4 is 5.91 Å². The number of hydrogen-bond acceptors (Lipinski definition) is 3. The summed E-state index contributed by atoms with van der Waals surface area (Å²) in [7, 11) is 1.78. The Morgan fingerprint density at radius 2 is 2.64 bits per heavy atom. The number of hydrogen-bond donors (Lipinski definition) is 2. The first kappa shape index (κ1) is 7.74. The number of amides is 1. The van der Waals surface area contributed by atoms with Crippen LogP contribution in [0, 0.1) is 0 Å². The molecule has 1 heterocycles. The van der Waals surface area contributed by atoms with Crippen LogP contribution in [0.2, 0.25) is 0 Å². The van der Waals surface area contributed by atoms with Gasteiger partial charge in [0.15, 0.2) is 0 Å². The van der Waals surface area contributed by atoms with E-state index in [0.717, 1.165) is 5.69 Å². The quantitative estimate of drug-likeness (QED) is 0.445. The summed E-state index contributed by atoms with van der Waals surface area (Å²) in [6.45, 7) is 0.